The largest absolute Gasteiger partial charge is 0.206 e. The number of aliphatic imine (C=N–C) groups is 1. The molecule has 0 saturated heterocycles. The summed E-state index contributed by atoms with van der Waals surface area (Å²) in [7, 11) is 0. The normalized spacial score (nSPS) is 12.2. The van der Waals surface area contributed by atoms with Gasteiger partial charge in [-0.15, -0.1) is 4.99 Å². The van der Waals surface area contributed by atoms with Gasteiger partial charge in [0.15, 0.2) is 0 Å². The van der Waals surface area contributed by atoms with Gasteiger partial charge in [0.2, 0.25) is 0 Å². The fraction of sp³-hybridized carbons (Fsp3) is 0.150. The van der Waals surface area contributed by atoms with E-state index in [1.807, 2.05) is 29.4 Å². The number of nitrogens with zero attached hydrogens (tertiary/aromatic N) is 1. The number of thiocarbonyl (C=S) groups is 1. The van der Waals surface area contributed by atoms with Crippen LogP contribution in [0.3, 0.4) is 0 Å². The van der Waals surface area contributed by atoms with Gasteiger partial charge in [0.1, 0.15) is 11.6 Å². The number of hydrogen-bond donors (Lipinski definition) is 0. The standard InChI is InChI=1S/C20H11F2NS/c21-19-12-18(9-10-23-13-24)20(22)11-17(19)6-3-14-1-4-15(5-2-14)16-7-8-16/h1-2,4-5,11-12,16H,7-8H2. The van der Waals surface area contributed by atoms with Crippen LogP contribution in [0.5, 0.6) is 0 Å². The van der Waals surface area contributed by atoms with E-state index in [1.54, 1.807) is 0 Å². The van der Waals surface area contributed by atoms with Crippen molar-refractivity contribution in [2.45, 2.75) is 18.8 Å². The van der Waals surface area contributed by atoms with E-state index in [0.29, 0.717) is 5.92 Å². The van der Waals surface area contributed by atoms with Crippen molar-refractivity contribution < 1.29 is 8.78 Å². The molecule has 0 aliphatic heterocycles. The van der Waals surface area contributed by atoms with Crippen molar-refractivity contribution >= 4 is 17.4 Å². The molecule has 0 N–H and O–H groups in total. The first-order chi connectivity index (χ1) is 11.7. The van der Waals surface area contributed by atoms with E-state index in [4.69, 9.17) is 0 Å². The molecule has 0 radical (unpaired) electrons. The number of hydrogen-bond acceptors (Lipinski definition) is 2. The second-order valence-electron chi connectivity index (χ2n) is 5.40. The Morgan fingerprint density at radius 1 is 0.917 bits per heavy atom. The third kappa shape index (κ3) is 3.94. The van der Waals surface area contributed by atoms with E-state index in [2.05, 4.69) is 41.0 Å². The topological polar surface area (TPSA) is 12.4 Å². The summed E-state index contributed by atoms with van der Waals surface area (Å²) in [5.41, 5.74) is 1.96. The molecular weight excluding hydrogens is 324 g/mol. The van der Waals surface area contributed by atoms with Crippen LogP contribution in [0.15, 0.2) is 41.4 Å². The number of isothiocyanates is 1. The first-order valence-electron chi connectivity index (χ1n) is 7.36. The summed E-state index contributed by atoms with van der Waals surface area (Å²) in [4.78, 5) is 3.35. The molecule has 24 heavy (non-hydrogen) atoms. The van der Waals surface area contributed by atoms with Crippen LogP contribution in [0, 0.1) is 35.4 Å². The van der Waals surface area contributed by atoms with E-state index < -0.39 is 11.6 Å². The average molecular weight is 335 g/mol. The maximum atomic E-state index is 14.0. The van der Waals surface area contributed by atoms with Gasteiger partial charge >= 0.3 is 0 Å². The molecule has 4 heteroatoms. The van der Waals surface area contributed by atoms with Crippen LogP contribution < -0.4 is 0 Å². The SMILES string of the molecule is Fc1cc(C#Cc2ccc(C3CC3)cc2)c(F)cc1C#CN=C=S. The van der Waals surface area contributed by atoms with Crippen LogP contribution in [-0.4, -0.2) is 5.16 Å². The highest BCUT2D eigenvalue weighted by molar-refractivity contribution is 7.78. The summed E-state index contributed by atoms with van der Waals surface area (Å²) in [6.07, 6.45) is 2.47. The number of benzene rings is 2. The van der Waals surface area contributed by atoms with Crippen LogP contribution >= 0.6 is 12.2 Å². The predicted molar refractivity (Wildman–Crippen MR) is 92.7 cm³/mol. The first-order valence-corrected chi connectivity index (χ1v) is 7.77. The predicted octanol–water partition coefficient (Wildman–Crippen LogP) is 4.65. The Morgan fingerprint density at radius 3 is 2.12 bits per heavy atom. The summed E-state index contributed by atoms with van der Waals surface area (Å²) < 4.78 is 27.9. The van der Waals surface area contributed by atoms with Gasteiger partial charge in [-0.2, -0.15) is 0 Å². The van der Waals surface area contributed by atoms with E-state index in [9.17, 15) is 8.78 Å². The van der Waals surface area contributed by atoms with Crippen LogP contribution in [0.4, 0.5) is 8.78 Å². The highest BCUT2D eigenvalue weighted by Crippen LogP contribution is 2.39. The Hall–Kier alpha value is -2.78. The van der Waals surface area contributed by atoms with Crippen LogP contribution in [0.2, 0.25) is 0 Å². The van der Waals surface area contributed by atoms with Gasteiger partial charge in [-0.05, 0) is 66.7 Å². The summed E-state index contributed by atoms with van der Waals surface area (Å²) in [5, 5.41) is 2.03. The minimum Gasteiger partial charge on any atom is -0.206 e. The zero-order chi connectivity index (χ0) is 16.9. The second-order valence-corrected chi connectivity index (χ2v) is 5.58. The number of rotatable bonds is 1. The third-order valence-corrected chi connectivity index (χ3v) is 3.74. The van der Waals surface area contributed by atoms with Crippen LogP contribution in [0.25, 0.3) is 0 Å². The molecule has 0 amide bonds. The summed E-state index contributed by atoms with van der Waals surface area (Å²) >= 11 is 4.35. The average Bonchev–Trinajstić information content (AvgIpc) is 3.42. The van der Waals surface area contributed by atoms with Crippen molar-refractivity contribution in [1.29, 1.82) is 0 Å². The summed E-state index contributed by atoms with van der Waals surface area (Å²) in [5.74, 6) is 7.27. The smallest absolute Gasteiger partial charge is 0.140 e. The Bertz CT molecular complexity index is 945. The van der Waals surface area contributed by atoms with Gasteiger partial charge in [0.25, 0.3) is 0 Å². The lowest BCUT2D eigenvalue weighted by Crippen LogP contribution is -1.91. The van der Waals surface area contributed by atoms with E-state index in [1.165, 1.54) is 18.4 Å². The van der Waals surface area contributed by atoms with Crippen molar-refractivity contribution in [3.63, 3.8) is 0 Å². The lowest BCUT2D eigenvalue weighted by molar-refractivity contribution is 0.594. The lowest BCUT2D eigenvalue weighted by Gasteiger charge is -1.99. The maximum absolute atomic E-state index is 14.0. The first kappa shape index (κ1) is 16.1. The molecule has 0 bridgehead atoms. The molecule has 0 aromatic heterocycles. The Labute approximate surface area is 144 Å². The van der Waals surface area contributed by atoms with Gasteiger partial charge in [-0.25, -0.2) is 8.78 Å². The Balaban J connectivity index is 1.84. The molecule has 1 aliphatic rings. The lowest BCUT2D eigenvalue weighted by atomic mass is 10.1. The molecule has 0 spiro atoms. The molecule has 3 rings (SSSR count). The summed E-state index contributed by atoms with van der Waals surface area (Å²) in [6, 6.07) is 12.1. The van der Waals surface area contributed by atoms with Crippen LogP contribution in [0.1, 0.15) is 41.0 Å². The fourth-order valence-electron chi connectivity index (χ4n) is 2.24. The van der Waals surface area contributed by atoms with E-state index in [0.717, 1.165) is 17.7 Å². The van der Waals surface area contributed by atoms with Crippen molar-refractivity contribution in [2.75, 3.05) is 0 Å². The monoisotopic (exact) mass is 335 g/mol. The zero-order valence-corrected chi connectivity index (χ0v) is 13.4. The van der Waals surface area contributed by atoms with E-state index >= 15 is 0 Å². The van der Waals surface area contributed by atoms with Crippen molar-refractivity contribution in [3.8, 4) is 23.8 Å². The molecule has 1 nitrogen and oxygen atoms in total. The fourth-order valence-corrected chi connectivity index (χ4v) is 2.29. The van der Waals surface area contributed by atoms with Gasteiger partial charge in [0, 0.05) is 5.56 Å². The van der Waals surface area contributed by atoms with Crippen molar-refractivity contribution in [3.05, 3.63) is 70.3 Å². The molecule has 0 unspecified atom stereocenters. The van der Waals surface area contributed by atoms with E-state index in [-0.39, 0.29) is 11.1 Å². The Kier molecular flexibility index (Phi) is 4.82. The van der Waals surface area contributed by atoms with Crippen molar-refractivity contribution in [2.24, 2.45) is 4.99 Å². The van der Waals surface area contributed by atoms with Crippen LogP contribution in [-0.2, 0) is 0 Å². The summed E-state index contributed by atoms with van der Waals surface area (Å²) in [6.45, 7) is 0. The molecule has 0 heterocycles. The minimum atomic E-state index is -0.656. The molecule has 0 atom stereocenters. The highest BCUT2D eigenvalue weighted by atomic mass is 32.1. The van der Waals surface area contributed by atoms with Gasteiger partial charge in [0.05, 0.1) is 22.3 Å². The second kappa shape index (κ2) is 7.20. The van der Waals surface area contributed by atoms with Gasteiger partial charge in [-0.3, -0.25) is 0 Å². The molecule has 2 aromatic rings. The molecular formula is C20H11F2NS. The highest BCUT2D eigenvalue weighted by Gasteiger charge is 2.22. The molecule has 2 aromatic carbocycles. The van der Waals surface area contributed by atoms with Gasteiger partial charge in [-0.1, -0.05) is 24.0 Å². The zero-order valence-electron chi connectivity index (χ0n) is 12.6. The number of halogens is 2. The van der Waals surface area contributed by atoms with Crippen molar-refractivity contribution in [1.82, 2.24) is 0 Å². The molecule has 1 saturated carbocycles. The molecule has 1 aliphatic carbocycles. The molecule has 1 fully saturated rings. The molecule has 116 valence electrons. The Morgan fingerprint density at radius 2 is 1.54 bits per heavy atom. The van der Waals surface area contributed by atoms with Gasteiger partial charge < -0.3 is 0 Å². The third-order valence-electron chi connectivity index (χ3n) is 3.65. The minimum absolute atomic E-state index is 0.0114. The maximum Gasteiger partial charge on any atom is 0.140 e. The quantitative estimate of drug-likeness (QED) is 0.420.